The molecule has 1 aromatic heterocycles. The van der Waals surface area contributed by atoms with Crippen LogP contribution in [-0.2, 0) is 0 Å². The van der Waals surface area contributed by atoms with Crippen LogP contribution < -0.4 is 0 Å². The molecule has 0 amide bonds. The molecule has 0 aliphatic carbocycles. The molecule has 0 spiro atoms. The second-order valence-electron chi connectivity index (χ2n) is 4.21. The smallest absolute Gasteiger partial charge is 0.250 e. The maximum Gasteiger partial charge on any atom is 0.250 e. The van der Waals surface area contributed by atoms with Gasteiger partial charge in [-0.1, -0.05) is 35.5 Å². The molecule has 20 heavy (non-hydrogen) atoms. The van der Waals surface area contributed by atoms with Crippen molar-refractivity contribution in [2.24, 2.45) is 0 Å². The summed E-state index contributed by atoms with van der Waals surface area (Å²) in [6.45, 7) is 0. The third-order valence-electron chi connectivity index (χ3n) is 2.76. The Kier molecular flexibility index (Phi) is 3.37. The Bertz CT molecular complexity index is 718. The number of benzene rings is 2. The van der Waals surface area contributed by atoms with Gasteiger partial charge in [0, 0.05) is 11.6 Å². The minimum absolute atomic E-state index is 0.290. The molecule has 0 aliphatic rings. The summed E-state index contributed by atoms with van der Waals surface area (Å²) < 4.78 is 18.0. The van der Waals surface area contributed by atoms with Gasteiger partial charge in [0.05, 0.1) is 0 Å². The number of halogens is 1. The van der Waals surface area contributed by atoms with Crippen LogP contribution in [0, 0.1) is 5.82 Å². The molecule has 0 saturated carbocycles. The first-order valence-corrected chi connectivity index (χ1v) is 6.14. The molecule has 0 bridgehead atoms. The molecule has 0 saturated heterocycles. The quantitative estimate of drug-likeness (QED) is 0.718. The van der Waals surface area contributed by atoms with E-state index in [1.165, 1.54) is 12.1 Å². The van der Waals surface area contributed by atoms with E-state index in [-0.39, 0.29) is 5.82 Å². The molecule has 0 fully saturated rings. The average Bonchev–Trinajstić information content (AvgIpc) is 2.96. The van der Waals surface area contributed by atoms with Crippen LogP contribution in [0.5, 0.6) is 0 Å². The highest BCUT2D eigenvalue weighted by molar-refractivity contribution is 5.66. The molecule has 3 nitrogen and oxygen atoms in total. The van der Waals surface area contributed by atoms with E-state index >= 15 is 0 Å². The van der Waals surface area contributed by atoms with E-state index < -0.39 is 0 Å². The third kappa shape index (κ3) is 2.80. The van der Waals surface area contributed by atoms with Gasteiger partial charge in [-0.25, -0.2) is 4.39 Å². The van der Waals surface area contributed by atoms with E-state index in [2.05, 4.69) is 10.1 Å². The van der Waals surface area contributed by atoms with Crippen molar-refractivity contribution in [3.05, 3.63) is 71.9 Å². The highest BCUT2D eigenvalue weighted by Crippen LogP contribution is 2.17. The van der Waals surface area contributed by atoms with Crippen LogP contribution in [0.25, 0.3) is 23.5 Å². The first-order valence-electron chi connectivity index (χ1n) is 6.14. The van der Waals surface area contributed by atoms with Crippen LogP contribution in [-0.4, -0.2) is 10.1 Å². The fourth-order valence-electron chi connectivity index (χ4n) is 1.75. The van der Waals surface area contributed by atoms with Gasteiger partial charge in [-0.2, -0.15) is 4.98 Å². The normalized spacial score (nSPS) is 11.1. The van der Waals surface area contributed by atoms with Crippen LogP contribution in [0.1, 0.15) is 11.5 Å². The first-order chi connectivity index (χ1) is 9.81. The molecule has 0 aliphatic heterocycles. The van der Waals surface area contributed by atoms with Crippen molar-refractivity contribution in [1.29, 1.82) is 0 Å². The summed E-state index contributed by atoms with van der Waals surface area (Å²) in [6, 6.07) is 15.8. The number of hydrogen-bond donors (Lipinski definition) is 0. The lowest BCUT2D eigenvalue weighted by atomic mass is 10.2. The Morgan fingerprint density at radius 3 is 2.40 bits per heavy atom. The first kappa shape index (κ1) is 12.3. The zero-order valence-electron chi connectivity index (χ0n) is 10.5. The molecule has 3 rings (SSSR count). The van der Waals surface area contributed by atoms with Gasteiger partial charge in [0.15, 0.2) is 0 Å². The highest BCUT2D eigenvalue weighted by Gasteiger charge is 2.06. The number of rotatable bonds is 3. The average molecular weight is 266 g/mol. The van der Waals surface area contributed by atoms with Gasteiger partial charge >= 0.3 is 0 Å². The number of hydrogen-bond acceptors (Lipinski definition) is 3. The van der Waals surface area contributed by atoms with E-state index in [1.807, 2.05) is 36.4 Å². The van der Waals surface area contributed by atoms with Gasteiger partial charge in [-0.05, 0) is 35.9 Å². The summed E-state index contributed by atoms with van der Waals surface area (Å²) in [6.07, 6.45) is 3.64. The maximum absolute atomic E-state index is 12.8. The van der Waals surface area contributed by atoms with Crippen LogP contribution in [0.15, 0.2) is 59.1 Å². The molecular weight excluding hydrogens is 255 g/mol. The summed E-state index contributed by atoms with van der Waals surface area (Å²) in [5, 5.41) is 3.87. The largest absolute Gasteiger partial charge is 0.334 e. The third-order valence-corrected chi connectivity index (χ3v) is 2.76. The minimum atomic E-state index is -0.290. The second kappa shape index (κ2) is 5.48. The van der Waals surface area contributed by atoms with Crippen molar-refractivity contribution in [1.82, 2.24) is 10.1 Å². The number of aromatic nitrogens is 2. The standard InChI is InChI=1S/C16H11FN2O/c17-14-9-7-13(8-10-14)16-18-15(20-19-16)11-6-12-4-2-1-3-5-12/h1-11H. The van der Waals surface area contributed by atoms with Crippen molar-refractivity contribution in [3.63, 3.8) is 0 Å². The van der Waals surface area contributed by atoms with Crippen molar-refractivity contribution in [2.45, 2.75) is 0 Å². The molecule has 0 N–H and O–H groups in total. The molecule has 0 atom stereocenters. The van der Waals surface area contributed by atoms with Gasteiger partial charge in [-0.3, -0.25) is 0 Å². The fraction of sp³-hybridized carbons (Fsp3) is 0. The molecule has 2 aromatic carbocycles. The van der Waals surface area contributed by atoms with Crippen LogP contribution in [0.3, 0.4) is 0 Å². The topological polar surface area (TPSA) is 38.9 Å². The SMILES string of the molecule is Fc1ccc(-c2noc(C=Cc3ccccc3)n2)cc1. The van der Waals surface area contributed by atoms with Gasteiger partial charge < -0.3 is 4.52 Å². The fourth-order valence-corrected chi connectivity index (χ4v) is 1.75. The molecule has 98 valence electrons. The maximum atomic E-state index is 12.8. The molecule has 3 aromatic rings. The second-order valence-corrected chi connectivity index (χ2v) is 4.21. The minimum Gasteiger partial charge on any atom is -0.334 e. The lowest BCUT2D eigenvalue weighted by molar-refractivity contribution is 0.411. The van der Waals surface area contributed by atoms with Crippen LogP contribution in [0.4, 0.5) is 4.39 Å². The lowest BCUT2D eigenvalue weighted by Gasteiger charge is -1.92. The molecule has 1 heterocycles. The Labute approximate surface area is 115 Å². The Morgan fingerprint density at radius 2 is 1.65 bits per heavy atom. The predicted molar refractivity (Wildman–Crippen MR) is 75.1 cm³/mol. The predicted octanol–water partition coefficient (Wildman–Crippen LogP) is 4.05. The monoisotopic (exact) mass is 266 g/mol. The van der Waals surface area contributed by atoms with Crippen molar-refractivity contribution in [2.75, 3.05) is 0 Å². The highest BCUT2D eigenvalue weighted by atomic mass is 19.1. The molecular formula is C16H11FN2O. The van der Waals surface area contributed by atoms with Gasteiger partial charge in [0.25, 0.3) is 5.89 Å². The van der Waals surface area contributed by atoms with E-state index in [0.29, 0.717) is 11.7 Å². The van der Waals surface area contributed by atoms with Crippen LogP contribution in [0.2, 0.25) is 0 Å². The zero-order valence-corrected chi connectivity index (χ0v) is 10.5. The summed E-state index contributed by atoms with van der Waals surface area (Å²) in [5.41, 5.74) is 1.77. The van der Waals surface area contributed by atoms with Gasteiger partial charge in [-0.15, -0.1) is 0 Å². The Morgan fingerprint density at radius 1 is 0.900 bits per heavy atom. The van der Waals surface area contributed by atoms with Crippen molar-refractivity contribution >= 4 is 12.2 Å². The lowest BCUT2D eigenvalue weighted by Crippen LogP contribution is -1.81. The summed E-state index contributed by atoms with van der Waals surface area (Å²) >= 11 is 0. The summed E-state index contributed by atoms with van der Waals surface area (Å²) in [4.78, 5) is 4.24. The van der Waals surface area contributed by atoms with Crippen molar-refractivity contribution in [3.8, 4) is 11.4 Å². The number of nitrogens with zero attached hydrogens (tertiary/aromatic N) is 2. The van der Waals surface area contributed by atoms with E-state index in [0.717, 1.165) is 11.1 Å². The molecule has 0 unspecified atom stereocenters. The zero-order chi connectivity index (χ0) is 13.8. The van der Waals surface area contributed by atoms with Gasteiger partial charge in [0.1, 0.15) is 5.82 Å². The Balaban J connectivity index is 1.80. The van der Waals surface area contributed by atoms with Crippen molar-refractivity contribution < 1.29 is 8.91 Å². The van der Waals surface area contributed by atoms with E-state index in [4.69, 9.17) is 4.52 Å². The van der Waals surface area contributed by atoms with Gasteiger partial charge in [0.2, 0.25) is 5.82 Å². The Hall–Kier alpha value is -2.75. The van der Waals surface area contributed by atoms with E-state index in [1.54, 1.807) is 18.2 Å². The summed E-state index contributed by atoms with van der Waals surface area (Å²) in [5.74, 6) is 0.562. The molecule has 4 heteroatoms. The summed E-state index contributed by atoms with van der Waals surface area (Å²) in [7, 11) is 0. The molecule has 0 radical (unpaired) electrons. The van der Waals surface area contributed by atoms with Crippen LogP contribution >= 0.6 is 0 Å². The van der Waals surface area contributed by atoms with E-state index in [9.17, 15) is 4.39 Å².